The minimum atomic E-state index is -2.78. The first-order chi connectivity index (χ1) is 22.4. The second-order valence-corrected chi connectivity index (χ2v) is 12.9. The van der Waals surface area contributed by atoms with E-state index >= 15 is 0 Å². The van der Waals surface area contributed by atoms with Crippen LogP contribution in [0, 0.1) is 10.8 Å². The zero-order valence-corrected chi connectivity index (χ0v) is 27.0. The number of amides is 2. The van der Waals surface area contributed by atoms with Crippen LogP contribution in [0.3, 0.4) is 0 Å². The quantitative estimate of drug-likeness (QED) is 0.100. The fourth-order valence-corrected chi connectivity index (χ4v) is 5.04. The number of benzene rings is 2. The van der Waals surface area contributed by atoms with Crippen LogP contribution in [0.15, 0.2) is 67.3 Å². The van der Waals surface area contributed by atoms with E-state index in [4.69, 9.17) is 21.7 Å². The molecule has 5 rings (SSSR count). The van der Waals surface area contributed by atoms with E-state index in [2.05, 4.69) is 46.5 Å². The average Bonchev–Trinajstić information content (AvgIpc) is 3.45. The van der Waals surface area contributed by atoms with Gasteiger partial charge in [-0.05, 0) is 60.1 Å². The largest absolute Gasteiger partial charge is 0.447 e. The molecular formula is C33H37ClF2N8O3. The van der Waals surface area contributed by atoms with Crippen molar-refractivity contribution in [2.75, 3.05) is 13.2 Å². The molecule has 47 heavy (non-hydrogen) atoms. The monoisotopic (exact) mass is 666 g/mol. The number of hydrogen-bond acceptors (Lipinski definition) is 6. The summed E-state index contributed by atoms with van der Waals surface area (Å²) in [5.41, 5.74) is 2.34. The lowest BCUT2D eigenvalue weighted by atomic mass is 9.92. The number of H-pyrrole nitrogens is 1. The molecule has 2 heterocycles. The van der Waals surface area contributed by atoms with E-state index in [9.17, 15) is 18.4 Å². The maximum absolute atomic E-state index is 14.3. The molecular weight excluding hydrogens is 630 g/mol. The summed E-state index contributed by atoms with van der Waals surface area (Å²) < 4.78 is 32.4. The number of imidazole rings is 1. The molecule has 1 aliphatic rings. The zero-order valence-electron chi connectivity index (χ0n) is 26.3. The zero-order chi connectivity index (χ0) is 33.7. The van der Waals surface area contributed by atoms with Gasteiger partial charge in [-0.2, -0.15) is 13.9 Å². The highest BCUT2D eigenvalue weighted by Gasteiger charge is 2.33. The first kappa shape index (κ1) is 33.6. The SMILES string of the molecule is CC(C)(C)CCNC(=N)N(C(=O)c1ccc(-c2cnn(C(F)F)c2)cc1)[C@H](COC(=O)NC1CC1)c1ccc(Cl)c(-c2ncc[nH]2)c1. The van der Waals surface area contributed by atoms with Gasteiger partial charge in [0, 0.05) is 47.9 Å². The van der Waals surface area contributed by atoms with Crippen molar-refractivity contribution in [3.63, 3.8) is 0 Å². The fourth-order valence-electron chi connectivity index (χ4n) is 4.83. The highest BCUT2D eigenvalue weighted by molar-refractivity contribution is 6.33. The van der Waals surface area contributed by atoms with Gasteiger partial charge in [-0.1, -0.05) is 50.6 Å². The number of nitrogens with one attached hydrogen (secondary N) is 4. The summed E-state index contributed by atoms with van der Waals surface area (Å²) in [5, 5.41) is 19.1. The van der Waals surface area contributed by atoms with E-state index in [1.807, 2.05) is 0 Å². The van der Waals surface area contributed by atoms with Crippen LogP contribution in [-0.4, -0.2) is 61.8 Å². The van der Waals surface area contributed by atoms with Crippen LogP contribution in [0.5, 0.6) is 0 Å². The van der Waals surface area contributed by atoms with Gasteiger partial charge in [0.2, 0.25) is 0 Å². The van der Waals surface area contributed by atoms with E-state index < -0.39 is 24.6 Å². The van der Waals surface area contributed by atoms with Crippen molar-refractivity contribution in [3.8, 4) is 22.5 Å². The van der Waals surface area contributed by atoms with Gasteiger partial charge in [-0.25, -0.2) is 14.5 Å². The van der Waals surface area contributed by atoms with Crippen LogP contribution in [0.4, 0.5) is 13.6 Å². The van der Waals surface area contributed by atoms with Crippen molar-refractivity contribution in [2.45, 2.75) is 58.7 Å². The van der Waals surface area contributed by atoms with Crippen molar-refractivity contribution in [1.82, 2.24) is 35.3 Å². The Labute approximate surface area is 276 Å². The molecule has 248 valence electrons. The molecule has 0 bridgehead atoms. The molecule has 0 spiro atoms. The lowest BCUT2D eigenvalue weighted by Gasteiger charge is -2.33. The molecule has 2 aromatic carbocycles. The van der Waals surface area contributed by atoms with Crippen LogP contribution in [0.1, 0.15) is 68.5 Å². The van der Waals surface area contributed by atoms with Crippen LogP contribution in [0.25, 0.3) is 22.5 Å². The summed E-state index contributed by atoms with van der Waals surface area (Å²) in [6, 6.07) is 10.6. The van der Waals surface area contributed by atoms with E-state index in [1.165, 1.54) is 17.3 Å². The Balaban J connectivity index is 1.51. The molecule has 0 saturated heterocycles. The normalized spacial score (nSPS) is 13.7. The van der Waals surface area contributed by atoms with Crippen molar-refractivity contribution < 1.29 is 23.1 Å². The topological polar surface area (TPSA) is 141 Å². The van der Waals surface area contributed by atoms with Gasteiger partial charge in [0.05, 0.1) is 17.3 Å². The summed E-state index contributed by atoms with van der Waals surface area (Å²) in [7, 11) is 0. The van der Waals surface area contributed by atoms with E-state index in [-0.39, 0.29) is 29.6 Å². The highest BCUT2D eigenvalue weighted by atomic mass is 35.5. The van der Waals surface area contributed by atoms with Gasteiger partial charge >= 0.3 is 12.6 Å². The third-order valence-electron chi connectivity index (χ3n) is 7.61. The predicted molar refractivity (Wildman–Crippen MR) is 174 cm³/mol. The minimum Gasteiger partial charge on any atom is -0.447 e. The number of aromatic amines is 1. The van der Waals surface area contributed by atoms with Gasteiger partial charge in [0.25, 0.3) is 5.91 Å². The predicted octanol–water partition coefficient (Wildman–Crippen LogP) is 7.02. The molecule has 1 atom stereocenters. The molecule has 1 aliphatic carbocycles. The van der Waals surface area contributed by atoms with Gasteiger partial charge in [-0.15, -0.1) is 0 Å². The standard InChI is InChI=1S/C33H37ClF2N8O3/c1-33(2,3)12-13-40-31(37)44(29(45)21-6-4-20(5-7-21)23-17-41-43(18-23)30(35)36)27(19-47-32(46)42-24-9-10-24)22-8-11-26(34)25(16-22)28-38-14-15-39-28/h4-8,11,14-18,24,27,30H,9-10,12-13,19H2,1-3H3,(H2,37,40)(H,38,39)(H,42,46)/t27-/m1/s1. The van der Waals surface area contributed by atoms with Crippen molar-refractivity contribution in [2.24, 2.45) is 5.41 Å². The van der Waals surface area contributed by atoms with Crippen LogP contribution in [-0.2, 0) is 4.74 Å². The minimum absolute atomic E-state index is 0.0341. The summed E-state index contributed by atoms with van der Waals surface area (Å²) >= 11 is 6.54. The number of ether oxygens (including phenoxy) is 1. The molecule has 0 aliphatic heterocycles. The molecule has 1 saturated carbocycles. The van der Waals surface area contributed by atoms with Crippen LogP contribution >= 0.6 is 11.6 Å². The summed E-state index contributed by atoms with van der Waals surface area (Å²) in [6.45, 7) is 3.60. The second kappa shape index (κ2) is 14.3. The fraction of sp³-hybridized carbons (Fsp3) is 0.364. The molecule has 1 fully saturated rings. The molecule has 2 aromatic heterocycles. The Bertz CT molecular complexity index is 1700. The van der Waals surface area contributed by atoms with E-state index in [1.54, 1.807) is 54.9 Å². The maximum Gasteiger partial charge on any atom is 0.407 e. The Hall–Kier alpha value is -4.78. The molecule has 2 amide bonds. The summed E-state index contributed by atoms with van der Waals surface area (Å²) in [6.07, 6.45) is 7.63. The lowest BCUT2D eigenvalue weighted by molar-refractivity contribution is 0.0566. The number of aromatic nitrogens is 4. The number of halogens is 3. The number of alkyl halides is 2. The van der Waals surface area contributed by atoms with Crippen molar-refractivity contribution >= 4 is 29.6 Å². The number of hydrogen-bond donors (Lipinski definition) is 4. The Morgan fingerprint density at radius 3 is 2.53 bits per heavy atom. The molecule has 0 radical (unpaired) electrons. The number of guanidine groups is 1. The highest BCUT2D eigenvalue weighted by Crippen LogP contribution is 2.32. The van der Waals surface area contributed by atoms with Gasteiger partial charge in [-0.3, -0.25) is 15.1 Å². The van der Waals surface area contributed by atoms with Gasteiger partial charge < -0.3 is 20.4 Å². The Morgan fingerprint density at radius 2 is 1.91 bits per heavy atom. The number of carbonyl (C=O) groups excluding carboxylic acids is 2. The first-order valence-electron chi connectivity index (χ1n) is 15.2. The number of alkyl carbamates (subject to hydrolysis) is 1. The smallest absolute Gasteiger partial charge is 0.407 e. The number of carbonyl (C=O) groups is 2. The Morgan fingerprint density at radius 1 is 1.17 bits per heavy atom. The second-order valence-electron chi connectivity index (χ2n) is 12.5. The van der Waals surface area contributed by atoms with Gasteiger partial charge in [0.15, 0.2) is 5.96 Å². The summed E-state index contributed by atoms with van der Waals surface area (Å²) in [5.74, 6) is -0.226. The molecule has 11 nitrogen and oxygen atoms in total. The Kier molecular flexibility index (Phi) is 10.2. The van der Waals surface area contributed by atoms with Crippen LogP contribution < -0.4 is 10.6 Å². The third kappa shape index (κ3) is 8.73. The van der Waals surface area contributed by atoms with Gasteiger partial charge in [0.1, 0.15) is 12.4 Å². The van der Waals surface area contributed by atoms with Crippen molar-refractivity contribution in [3.05, 3.63) is 83.4 Å². The number of rotatable bonds is 11. The molecule has 4 aromatic rings. The maximum atomic E-state index is 14.3. The third-order valence-corrected chi connectivity index (χ3v) is 7.94. The number of nitrogens with zero attached hydrogens (tertiary/aromatic N) is 4. The first-order valence-corrected chi connectivity index (χ1v) is 15.6. The summed E-state index contributed by atoms with van der Waals surface area (Å²) in [4.78, 5) is 35.6. The molecule has 4 N–H and O–H groups in total. The van der Waals surface area contributed by atoms with E-state index in [0.717, 1.165) is 12.8 Å². The molecule has 0 unspecified atom stereocenters. The van der Waals surface area contributed by atoms with E-state index in [0.29, 0.717) is 50.7 Å². The van der Waals surface area contributed by atoms with Crippen LogP contribution in [0.2, 0.25) is 5.02 Å². The van der Waals surface area contributed by atoms with Crippen molar-refractivity contribution in [1.29, 1.82) is 5.41 Å². The average molecular weight is 667 g/mol. The molecule has 14 heteroatoms. The lowest BCUT2D eigenvalue weighted by Crippen LogP contribution is -2.48.